The van der Waals surface area contributed by atoms with Gasteiger partial charge in [-0.3, -0.25) is 9.13 Å². The molecule has 0 aromatic heterocycles. The van der Waals surface area contributed by atoms with Crippen LogP contribution in [0, 0.1) is 11.8 Å². The van der Waals surface area contributed by atoms with Crippen LogP contribution in [0.4, 0.5) is 0 Å². The average Bonchev–Trinajstić information content (AvgIpc) is 2.45. The molecule has 0 heterocycles. The van der Waals surface area contributed by atoms with E-state index in [1.807, 2.05) is 27.7 Å². The SMILES string of the molecule is CC(C)CC1(P=O)C(O)C(O)C(CC(C)C)(P=O)C(O)C1O. The van der Waals surface area contributed by atoms with Crippen molar-refractivity contribution >= 4 is 16.9 Å². The smallest absolute Gasteiger partial charge is 0.167 e. The summed E-state index contributed by atoms with van der Waals surface area (Å²) < 4.78 is 23.5. The summed E-state index contributed by atoms with van der Waals surface area (Å²) in [6.07, 6.45) is -5.88. The van der Waals surface area contributed by atoms with E-state index in [2.05, 4.69) is 0 Å². The van der Waals surface area contributed by atoms with Crippen LogP contribution in [0.2, 0.25) is 0 Å². The van der Waals surface area contributed by atoms with Crippen molar-refractivity contribution in [3.05, 3.63) is 0 Å². The van der Waals surface area contributed by atoms with E-state index in [9.17, 15) is 29.6 Å². The first kappa shape index (κ1) is 20.1. The van der Waals surface area contributed by atoms with Gasteiger partial charge in [-0.2, -0.15) is 0 Å². The summed E-state index contributed by atoms with van der Waals surface area (Å²) in [5.41, 5.74) is 0. The lowest BCUT2D eigenvalue weighted by Crippen LogP contribution is -2.72. The van der Waals surface area contributed by atoms with E-state index in [-0.39, 0.29) is 24.7 Å². The number of hydrogen-bond donors (Lipinski definition) is 4. The van der Waals surface area contributed by atoms with Gasteiger partial charge < -0.3 is 20.4 Å². The molecular formula is C14H26O6P2. The minimum atomic E-state index is -1.57. The molecule has 0 bridgehead atoms. The lowest BCUT2D eigenvalue weighted by Gasteiger charge is -2.53. The van der Waals surface area contributed by atoms with Gasteiger partial charge in [0.2, 0.25) is 0 Å². The quantitative estimate of drug-likeness (QED) is 0.540. The Bertz CT molecular complexity index is 360. The molecule has 4 unspecified atom stereocenters. The average molecular weight is 352 g/mol. The third-order valence-electron chi connectivity index (χ3n) is 4.46. The van der Waals surface area contributed by atoms with Gasteiger partial charge >= 0.3 is 0 Å². The Morgan fingerprint density at radius 3 is 1.09 bits per heavy atom. The molecule has 0 aromatic rings. The van der Waals surface area contributed by atoms with Crippen molar-refractivity contribution in [1.29, 1.82) is 0 Å². The summed E-state index contributed by atoms with van der Waals surface area (Å²) >= 11 is 0. The fourth-order valence-electron chi connectivity index (χ4n) is 3.52. The lowest BCUT2D eigenvalue weighted by atomic mass is 9.67. The zero-order valence-corrected chi connectivity index (χ0v) is 15.2. The predicted octanol–water partition coefficient (Wildman–Crippen LogP) is 1.60. The maximum atomic E-state index is 11.7. The zero-order valence-electron chi connectivity index (χ0n) is 13.4. The Morgan fingerprint density at radius 2 is 0.955 bits per heavy atom. The van der Waals surface area contributed by atoms with Crippen LogP contribution in [0.1, 0.15) is 40.5 Å². The molecule has 0 aromatic carbocycles. The molecule has 0 amide bonds. The molecule has 1 aliphatic rings. The highest BCUT2D eigenvalue weighted by molar-refractivity contribution is 7.27. The molecule has 4 N–H and O–H groups in total. The van der Waals surface area contributed by atoms with E-state index in [4.69, 9.17) is 0 Å². The minimum absolute atomic E-state index is 0.0208. The Kier molecular flexibility index (Phi) is 6.66. The highest BCUT2D eigenvalue weighted by Gasteiger charge is 2.66. The summed E-state index contributed by atoms with van der Waals surface area (Å²) in [6.45, 7) is 7.31. The van der Waals surface area contributed by atoms with Gasteiger partial charge in [0.15, 0.2) is 16.9 Å². The number of aliphatic hydroxyl groups excluding tert-OH is 4. The van der Waals surface area contributed by atoms with Crippen LogP contribution in [0.5, 0.6) is 0 Å². The highest BCUT2D eigenvalue weighted by atomic mass is 31.1. The van der Waals surface area contributed by atoms with Crippen molar-refractivity contribution in [3.8, 4) is 0 Å². The molecule has 1 fully saturated rings. The predicted molar refractivity (Wildman–Crippen MR) is 83.6 cm³/mol. The van der Waals surface area contributed by atoms with Gasteiger partial charge in [0, 0.05) is 0 Å². The minimum Gasteiger partial charge on any atom is -0.389 e. The molecule has 0 saturated heterocycles. The van der Waals surface area contributed by atoms with Gasteiger partial charge in [0.1, 0.15) is 34.7 Å². The van der Waals surface area contributed by atoms with Crippen molar-refractivity contribution < 1.29 is 29.6 Å². The normalized spacial score (nSPS) is 43.4. The fraction of sp³-hybridized carbons (Fsp3) is 1.00. The maximum Gasteiger partial charge on any atom is 0.167 e. The van der Waals surface area contributed by atoms with Gasteiger partial charge in [-0.1, -0.05) is 27.7 Å². The first-order chi connectivity index (χ1) is 10.1. The second-order valence-corrected chi connectivity index (χ2v) is 9.17. The van der Waals surface area contributed by atoms with Crippen LogP contribution in [-0.2, 0) is 9.13 Å². The van der Waals surface area contributed by atoms with E-state index in [1.54, 1.807) is 0 Å². The molecule has 0 aliphatic heterocycles. The summed E-state index contributed by atoms with van der Waals surface area (Å²) in [7, 11) is -1.10. The first-order valence-corrected chi connectivity index (χ1v) is 9.12. The van der Waals surface area contributed by atoms with Crippen LogP contribution in [-0.4, -0.2) is 55.2 Å². The van der Waals surface area contributed by atoms with E-state index >= 15 is 0 Å². The summed E-state index contributed by atoms with van der Waals surface area (Å²) in [4.78, 5) is 0. The van der Waals surface area contributed by atoms with Crippen molar-refractivity contribution in [2.45, 2.75) is 75.3 Å². The summed E-state index contributed by atoms with van der Waals surface area (Å²) in [5.74, 6) is -0.0416. The van der Waals surface area contributed by atoms with Crippen molar-refractivity contribution in [2.24, 2.45) is 11.8 Å². The third-order valence-corrected chi connectivity index (χ3v) is 6.56. The van der Waals surface area contributed by atoms with E-state index in [0.29, 0.717) is 0 Å². The monoisotopic (exact) mass is 352 g/mol. The van der Waals surface area contributed by atoms with Crippen molar-refractivity contribution in [3.63, 3.8) is 0 Å². The molecular weight excluding hydrogens is 326 g/mol. The Hall–Kier alpha value is 0.0400. The van der Waals surface area contributed by atoms with Gasteiger partial charge in [-0.05, 0) is 24.7 Å². The Balaban J connectivity index is 3.36. The summed E-state index contributed by atoms with van der Waals surface area (Å²) in [5, 5.41) is 39.0. The molecule has 8 heteroatoms. The molecule has 6 nitrogen and oxygen atoms in total. The van der Waals surface area contributed by atoms with E-state index in [1.165, 1.54) is 0 Å². The maximum absolute atomic E-state index is 11.7. The Labute approximate surface area is 134 Å². The number of aliphatic hydroxyl groups is 4. The second-order valence-electron chi connectivity index (χ2n) is 7.14. The molecule has 4 atom stereocenters. The number of rotatable bonds is 6. The zero-order chi connectivity index (χ0) is 17.3. The molecule has 0 spiro atoms. The Morgan fingerprint density at radius 1 is 0.727 bits per heavy atom. The molecule has 22 heavy (non-hydrogen) atoms. The largest absolute Gasteiger partial charge is 0.389 e. The fourth-order valence-corrected chi connectivity index (χ4v) is 5.40. The highest BCUT2D eigenvalue weighted by Crippen LogP contribution is 2.53. The molecule has 1 saturated carbocycles. The topological polar surface area (TPSA) is 115 Å². The molecule has 0 radical (unpaired) electrons. The summed E-state index contributed by atoms with van der Waals surface area (Å²) in [6, 6.07) is 0. The van der Waals surface area contributed by atoms with Gasteiger partial charge in [-0.25, -0.2) is 0 Å². The first-order valence-electron chi connectivity index (χ1n) is 7.50. The van der Waals surface area contributed by atoms with Crippen LogP contribution >= 0.6 is 16.9 Å². The standard InChI is InChI=1S/C14H26O6P2/c1-7(2)5-13(21-19)9(15)11(17)14(22-20,6-8(3)4)12(18)10(13)16/h7-12,15-18H,5-6H2,1-4H3. The van der Waals surface area contributed by atoms with E-state index < -0.39 is 51.6 Å². The molecule has 1 aliphatic carbocycles. The molecule has 1 rings (SSSR count). The number of hydrogen-bond acceptors (Lipinski definition) is 6. The van der Waals surface area contributed by atoms with Gasteiger partial charge in [0.25, 0.3) is 0 Å². The van der Waals surface area contributed by atoms with Gasteiger partial charge in [0.05, 0.1) is 0 Å². The third kappa shape index (κ3) is 3.15. The van der Waals surface area contributed by atoms with E-state index in [0.717, 1.165) is 0 Å². The molecule has 128 valence electrons. The second kappa shape index (κ2) is 7.29. The van der Waals surface area contributed by atoms with Crippen LogP contribution in [0.15, 0.2) is 0 Å². The van der Waals surface area contributed by atoms with Crippen LogP contribution in [0.25, 0.3) is 0 Å². The van der Waals surface area contributed by atoms with Crippen molar-refractivity contribution in [1.82, 2.24) is 0 Å². The van der Waals surface area contributed by atoms with Crippen molar-refractivity contribution in [2.75, 3.05) is 0 Å². The van der Waals surface area contributed by atoms with Gasteiger partial charge in [-0.15, -0.1) is 0 Å². The van der Waals surface area contributed by atoms with Crippen LogP contribution in [0.3, 0.4) is 0 Å². The lowest BCUT2D eigenvalue weighted by molar-refractivity contribution is -0.162. The van der Waals surface area contributed by atoms with Crippen LogP contribution < -0.4 is 0 Å².